The van der Waals surface area contributed by atoms with E-state index in [-0.39, 0.29) is 51.0 Å². The molecule has 0 spiro atoms. The van der Waals surface area contributed by atoms with Gasteiger partial charge in [-0.1, -0.05) is 52.2 Å². The standard InChI is InChI=1S/C16H21.2ClH.Zr/c1-10(2)13-6-7-14(11(3)4)16-9-12(5)8-15(13)16;;;/h6-11H,1-5H3;2*1H;/q-1;;;+3/p-2. The van der Waals surface area contributed by atoms with Crippen molar-refractivity contribution in [3.05, 3.63) is 41.0 Å². The van der Waals surface area contributed by atoms with Gasteiger partial charge >= 0.3 is 26.2 Å². The topological polar surface area (TPSA) is 0 Å². The molecule has 0 saturated carbocycles. The fourth-order valence-corrected chi connectivity index (χ4v) is 2.50. The zero-order valence-corrected chi connectivity index (χ0v) is 16.2. The zero-order chi connectivity index (χ0) is 11.9. The first-order valence-electron chi connectivity index (χ1n) is 6.20. The number of aryl methyl sites for hydroxylation is 1. The molecule has 19 heavy (non-hydrogen) atoms. The van der Waals surface area contributed by atoms with Crippen LogP contribution in [0.1, 0.15) is 56.2 Å². The van der Waals surface area contributed by atoms with E-state index in [0.717, 1.165) is 0 Å². The Balaban J connectivity index is 0. The maximum Gasteiger partial charge on any atom is 3.00 e. The van der Waals surface area contributed by atoms with Gasteiger partial charge < -0.3 is 24.8 Å². The predicted molar refractivity (Wildman–Crippen MR) is 72.5 cm³/mol. The molecule has 0 saturated heterocycles. The van der Waals surface area contributed by atoms with E-state index in [9.17, 15) is 0 Å². The molecule has 0 heterocycles. The Kier molecular flexibility index (Phi) is 9.72. The first-order valence-corrected chi connectivity index (χ1v) is 6.20. The van der Waals surface area contributed by atoms with Crippen LogP contribution in [-0.2, 0) is 26.2 Å². The van der Waals surface area contributed by atoms with Crippen molar-refractivity contribution < 1.29 is 51.0 Å². The number of halogens is 2. The van der Waals surface area contributed by atoms with Gasteiger partial charge in [-0.25, -0.2) is 0 Å². The molecule has 2 rings (SSSR count). The molecule has 0 bridgehead atoms. The van der Waals surface area contributed by atoms with Crippen molar-refractivity contribution in [2.75, 3.05) is 0 Å². The van der Waals surface area contributed by atoms with Gasteiger partial charge in [-0.3, -0.25) is 0 Å². The summed E-state index contributed by atoms with van der Waals surface area (Å²) >= 11 is 0. The molecule has 1 radical (unpaired) electrons. The van der Waals surface area contributed by atoms with Crippen molar-refractivity contribution in [1.29, 1.82) is 0 Å². The summed E-state index contributed by atoms with van der Waals surface area (Å²) in [6.45, 7) is 11.3. The quantitative estimate of drug-likeness (QED) is 0.598. The monoisotopic (exact) mass is 373 g/mol. The Morgan fingerprint density at radius 2 is 1.37 bits per heavy atom. The minimum Gasteiger partial charge on any atom is -1.00 e. The minimum absolute atomic E-state index is 0. The van der Waals surface area contributed by atoms with Gasteiger partial charge in [0.15, 0.2) is 0 Å². The molecule has 0 fully saturated rings. The van der Waals surface area contributed by atoms with Gasteiger partial charge in [0, 0.05) is 0 Å². The fraction of sp³-hybridized carbons (Fsp3) is 0.438. The van der Waals surface area contributed by atoms with Gasteiger partial charge in [0.25, 0.3) is 0 Å². The Morgan fingerprint density at radius 1 is 0.895 bits per heavy atom. The molecule has 0 aliphatic carbocycles. The summed E-state index contributed by atoms with van der Waals surface area (Å²) in [7, 11) is 0. The average molecular weight is 375 g/mol. The average Bonchev–Trinajstić information content (AvgIpc) is 2.56. The van der Waals surface area contributed by atoms with Crippen molar-refractivity contribution in [3.8, 4) is 0 Å². The zero-order valence-electron chi connectivity index (χ0n) is 12.2. The number of fused-ring (bicyclic) bond motifs is 1. The maximum absolute atomic E-state index is 2.33. The minimum atomic E-state index is 0. The molecule has 2 aromatic carbocycles. The van der Waals surface area contributed by atoms with Gasteiger partial charge in [0.05, 0.1) is 0 Å². The van der Waals surface area contributed by atoms with Gasteiger partial charge in [-0.05, 0) is 5.92 Å². The summed E-state index contributed by atoms with van der Waals surface area (Å²) in [5, 5.41) is 2.91. The first-order chi connectivity index (χ1) is 7.50. The van der Waals surface area contributed by atoms with Crippen LogP contribution >= 0.6 is 0 Å². The van der Waals surface area contributed by atoms with Crippen LogP contribution in [0, 0.1) is 6.92 Å². The Morgan fingerprint density at radius 3 is 1.84 bits per heavy atom. The Hall–Kier alpha value is 0.293. The van der Waals surface area contributed by atoms with Crippen LogP contribution in [-0.4, -0.2) is 0 Å². The van der Waals surface area contributed by atoms with Crippen molar-refractivity contribution in [2.45, 2.75) is 46.5 Å². The fourth-order valence-electron chi connectivity index (χ4n) is 2.50. The molecule has 0 amide bonds. The van der Waals surface area contributed by atoms with E-state index in [1.54, 1.807) is 0 Å². The molecule has 0 N–H and O–H groups in total. The van der Waals surface area contributed by atoms with Crippen molar-refractivity contribution in [2.24, 2.45) is 0 Å². The van der Waals surface area contributed by atoms with E-state index in [1.165, 1.54) is 27.5 Å². The summed E-state index contributed by atoms with van der Waals surface area (Å²) in [5.41, 5.74) is 4.34. The van der Waals surface area contributed by atoms with E-state index >= 15 is 0 Å². The molecular weight excluding hydrogens is 354 g/mol. The van der Waals surface area contributed by atoms with E-state index in [4.69, 9.17) is 0 Å². The van der Waals surface area contributed by atoms with Crippen LogP contribution < -0.4 is 24.8 Å². The summed E-state index contributed by atoms with van der Waals surface area (Å²) in [6.07, 6.45) is 0. The van der Waals surface area contributed by atoms with Gasteiger partial charge in [0.1, 0.15) is 0 Å². The number of hydrogen-bond donors (Lipinski definition) is 0. The largest absolute Gasteiger partial charge is 3.00 e. The third-order valence-electron chi connectivity index (χ3n) is 3.34. The molecule has 0 atom stereocenters. The van der Waals surface area contributed by atoms with Crippen molar-refractivity contribution in [1.82, 2.24) is 0 Å². The smallest absolute Gasteiger partial charge is 1.00 e. The van der Waals surface area contributed by atoms with Gasteiger partial charge in [-0.15, -0.1) is 34.0 Å². The molecule has 0 nitrogen and oxygen atoms in total. The molecule has 3 heteroatoms. The van der Waals surface area contributed by atoms with Crippen LogP contribution in [0.15, 0.2) is 24.3 Å². The summed E-state index contributed by atoms with van der Waals surface area (Å²) < 4.78 is 0. The van der Waals surface area contributed by atoms with Crippen molar-refractivity contribution >= 4 is 10.8 Å². The molecule has 2 aromatic rings. The normalized spacial score (nSPS) is 10.1. The second-order valence-electron chi connectivity index (χ2n) is 5.41. The molecule has 0 aliphatic heterocycles. The SMILES string of the molecule is Cc1cc2c(C(C)C)ccc(C(C)C)c2[cH-]1.[Cl-].[Cl-].[Zr+3]. The Labute approximate surface area is 148 Å². The first kappa shape index (κ1) is 21.6. The molecule has 0 aromatic heterocycles. The van der Waals surface area contributed by atoms with E-state index in [2.05, 4.69) is 58.9 Å². The second kappa shape index (κ2) is 8.55. The number of benzene rings is 1. The third kappa shape index (κ3) is 4.38. The molecule has 103 valence electrons. The van der Waals surface area contributed by atoms with Crippen LogP contribution in [0.3, 0.4) is 0 Å². The predicted octanol–water partition coefficient (Wildman–Crippen LogP) is -0.881. The van der Waals surface area contributed by atoms with Crippen LogP contribution in [0.4, 0.5) is 0 Å². The summed E-state index contributed by atoms with van der Waals surface area (Å²) in [6, 6.07) is 9.27. The van der Waals surface area contributed by atoms with Gasteiger partial charge in [0.2, 0.25) is 0 Å². The molecule has 0 unspecified atom stereocenters. The van der Waals surface area contributed by atoms with Crippen LogP contribution in [0.2, 0.25) is 0 Å². The molecule has 0 aliphatic rings. The summed E-state index contributed by atoms with van der Waals surface area (Å²) in [5.74, 6) is 1.20. The van der Waals surface area contributed by atoms with Crippen LogP contribution in [0.5, 0.6) is 0 Å². The molecular formula is C16H21Cl2Zr. The Bertz CT molecular complexity index is 468. The number of hydrogen-bond acceptors (Lipinski definition) is 0. The van der Waals surface area contributed by atoms with E-state index < -0.39 is 0 Å². The van der Waals surface area contributed by atoms with Crippen LogP contribution in [0.25, 0.3) is 10.8 Å². The third-order valence-corrected chi connectivity index (χ3v) is 3.34. The number of rotatable bonds is 2. The van der Waals surface area contributed by atoms with E-state index in [1.807, 2.05) is 0 Å². The van der Waals surface area contributed by atoms with Gasteiger partial charge in [-0.2, -0.15) is 6.07 Å². The summed E-state index contributed by atoms with van der Waals surface area (Å²) in [4.78, 5) is 0. The van der Waals surface area contributed by atoms with Crippen molar-refractivity contribution in [3.63, 3.8) is 0 Å². The second-order valence-corrected chi connectivity index (χ2v) is 5.41. The van der Waals surface area contributed by atoms with E-state index in [0.29, 0.717) is 11.8 Å². The maximum atomic E-state index is 2.33.